The molecule has 0 spiro atoms. The van der Waals surface area contributed by atoms with Crippen molar-refractivity contribution in [3.8, 4) is 0 Å². The minimum Gasteiger partial charge on any atom is -0.480 e. The van der Waals surface area contributed by atoms with E-state index in [0.29, 0.717) is 12.1 Å². The van der Waals surface area contributed by atoms with Crippen molar-refractivity contribution in [2.24, 2.45) is 5.73 Å². The molecular formula is C8H11N3O2S. The van der Waals surface area contributed by atoms with Crippen LogP contribution in [0.15, 0.2) is 6.20 Å². The van der Waals surface area contributed by atoms with Crippen LogP contribution >= 0.6 is 12.2 Å². The van der Waals surface area contributed by atoms with Gasteiger partial charge in [0.05, 0.1) is 0 Å². The average molecular weight is 213 g/mol. The second kappa shape index (κ2) is 4.83. The van der Waals surface area contributed by atoms with Gasteiger partial charge in [0.25, 0.3) is 0 Å². The Hall–Kier alpha value is -1.27. The molecule has 0 radical (unpaired) electrons. The van der Waals surface area contributed by atoms with Gasteiger partial charge in [-0.15, -0.1) is 0 Å². The number of carbonyl (C=O) groups is 1. The van der Waals surface area contributed by atoms with Gasteiger partial charge in [-0.3, -0.25) is 4.79 Å². The zero-order valence-corrected chi connectivity index (χ0v) is 8.25. The van der Waals surface area contributed by atoms with Gasteiger partial charge in [0.1, 0.15) is 11.9 Å². The van der Waals surface area contributed by atoms with E-state index in [1.165, 1.54) is 0 Å². The Morgan fingerprint density at radius 2 is 2.57 bits per heavy atom. The first kappa shape index (κ1) is 10.8. The molecule has 14 heavy (non-hydrogen) atoms. The molecule has 0 aliphatic carbocycles. The van der Waals surface area contributed by atoms with Gasteiger partial charge in [-0.25, -0.2) is 4.98 Å². The third kappa shape index (κ3) is 2.90. The second-order valence-corrected chi connectivity index (χ2v) is 3.21. The molecule has 0 saturated carbocycles. The molecule has 1 atom stereocenters. The van der Waals surface area contributed by atoms with Gasteiger partial charge in [-0.1, -0.05) is 12.2 Å². The lowest BCUT2D eigenvalue weighted by molar-refractivity contribution is -0.138. The maximum atomic E-state index is 10.5. The van der Waals surface area contributed by atoms with Gasteiger partial charge < -0.3 is 15.8 Å². The first-order chi connectivity index (χ1) is 6.63. The summed E-state index contributed by atoms with van der Waals surface area (Å²) in [5.41, 5.74) is 6.07. The van der Waals surface area contributed by atoms with Crippen molar-refractivity contribution < 1.29 is 9.90 Å². The summed E-state index contributed by atoms with van der Waals surface area (Å²) in [6, 6.07) is -0.893. The normalized spacial score (nSPS) is 12.4. The Morgan fingerprint density at radius 3 is 3.14 bits per heavy atom. The molecule has 1 aromatic heterocycles. The molecule has 0 aromatic carbocycles. The van der Waals surface area contributed by atoms with E-state index in [4.69, 9.17) is 10.8 Å². The number of nitrogens with one attached hydrogen (secondary N) is 1. The largest absolute Gasteiger partial charge is 0.480 e. The van der Waals surface area contributed by atoms with E-state index >= 15 is 0 Å². The highest BCUT2D eigenvalue weighted by Gasteiger charge is 2.13. The van der Waals surface area contributed by atoms with Crippen LogP contribution in [0.4, 0.5) is 0 Å². The smallest absolute Gasteiger partial charge is 0.320 e. The molecule has 0 bridgehead atoms. The van der Waals surface area contributed by atoms with Crippen LogP contribution in [-0.4, -0.2) is 32.5 Å². The van der Waals surface area contributed by atoms with Crippen LogP contribution in [0.2, 0.25) is 0 Å². The Bertz CT molecular complexity index is 337. The lowest BCUT2D eigenvalue weighted by Gasteiger charge is -2.02. The van der Waals surface area contributed by atoms with E-state index in [9.17, 15) is 4.79 Å². The topological polar surface area (TPSA) is 92.0 Å². The molecule has 4 N–H and O–H groups in total. The Morgan fingerprint density at radius 1 is 1.86 bits per heavy atom. The maximum Gasteiger partial charge on any atom is 0.320 e. The summed E-state index contributed by atoms with van der Waals surface area (Å²) >= 11 is 4.67. The molecule has 0 amide bonds. The summed E-state index contributed by atoms with van der Waals surface area (Å²) in [5.74, 6) is -0.288. The number of nitrogens with zero attached hydrogens (tertiary/aromatic N) is 1. The van der Waals surface area contributed by atoms with Crippen LogP contribution in [0.3, 0.4) is 0 Å². The quantitative estimate of drug-likeness (QED) is 0.594. The van der Waals surface area contributed by atoms with Crippen molar-refractivity contribution in [3.63, 3.8) is 0 Å². The van der Waals surface area contributed by atoms with Crippen molar-refractivity contribution in [1.29, 1.82) is 0 Å². The Labute approximate surface area is 86.3 Å². The Balaban J connectivity index is 2.59. The lowest BCUT2D eigenvalue weighted by atomic mass is 10.2. The third-order valence-electron chi connectivity index (χ3n) is 1.71. The monoisotopic (exact) mass is 213 g/mol. The molecule has 1 aromatic rings. The van der Waals surface area contributed by atoms with Gasteiger partial charge in [0.15, 0.2) is 0 Å². The number of rotatable bonds is 5. The SMILES string of the molecule is NC(Cc1cnc(CC=S)[nH]1)C(=O)O. The highest BCUT2D eigenvalue weighted by Crippen LogP contribution is 2.00. The highest BCUT2D eigenvalue weighted by atomic mass is 32.1. The van der Waals surface area contributed by atoms with Gasteiger partial charge in [0, 0.05) is 24.7 Å². The van der Waals surface area contributed by atoms with Crippen molar-refractivity contribution >= 4 is 23.6 Å². The number of aliphatic carboxylic acids is 1. The average Bonchev–Trinajstić information content (AvgIpc) is 2.53. The second-order valence-electron chi connectivity index (χ2n) is 2.87. The molecule has 0 saturated heterocycles. The summed E-state index contributed by atoms with van der Waals surface area (Å²) in [6.45, 7) is 0. The van der Waals surface area contributed by atoms with Crippen LogP contribution in [0, 0.1) is 0 Å². The minimum atomic E-state index is -1.02. The van der Waals surface area contributed by atoms with Crippen LogP contribution in [0.5, 0.6) is 0 Å². The fourth-order valence-corrected chi connectivity index (χ4v) is 1.17. The van der Waals surface area contributed by atoms with Crippen molar-refractivity contribution in [3.05, 3.63) is 17.7 Å². The molecule has 5 nitrogen and oxygen atoms in total. The van der Waals surface area contributed by atoms with Gasteiger partial charge in [0.2, 0.25) is 0 Å². The van der Waals surface area contributed by atoms with Crippen molar-refractivity contribution in [2.45, 2.75) is 18.9 Å². The summed E-state index contributed by atoms with van der Waals surface area (Å²) in [6.07, 6.45) is 2.40. The predicted octanol–water partition coefficient (Wildman–Crippen LogP) is -0.0937. The highest BCUT2D eigenvalue weighted by molar-refractivity contribution is 7.78. The zero-order valence-electron chi connectivity index (χ0n) is 7.43. The number of hydrogen-bond donors (Lipinski definition) is 3. The van der Waals surface area contributed by atoms with E-state index in [2.05, 4.69) is 22.2 Å². The molecule has 0 fully saturated rings. The number of aromatic amines is 1. The molecular weight excluding hydrogens is 202 g/mol. The zero-order chi connectivity index (χ0) is 10.6. The number of nitrogens with two attached hydrogens (primary N) is 1. The number of H-pyrrole nitrogens is 1. The van der Waals surface area contributed by atoms with E-state index < -0.39 is 12.0 Å². The molecule has 1 heterocycles. The van der Waals surface area contributed by atoms with Crippen LogP contribution in [0.1, 0.15) is 11.5 Å². The van der Waals surface area contributed by atoms with E-state index in [-0.39, 0.29) is 6.42 Å². The first-order valence-corrected chi connectivity index (χ1v) is 4.55. The third-order valence-corrected chi connectivity index (χ3v) is 1.88. The van der Waals surface area contributed by atoms with Crippen LogP contribution in [0.25, 0.3) is 0 Å². The number of hydrogen-bond acceptors (Lipinski definition) is 4. The predicted molar refractivity (Wildman–Crippen MR) is 55.3 cm³/mol. The minimum absolute atomic E-state index is 0.250. The first-order valence-electron chi connectivity index (χ1n) is 4.08. The van der Waals surface area contributed by atoms with Crippen LogP contribution < -0.4 is 5.73 Å². The number of imidazole rings is 1. The fourth-order valence-electron chi connectivity index (χ4n) is 1.02. The number of aromatic nitrogens is 2. The summed E-state index contributed by atoms with van der Waals surface area (Å²) in [5, 5.41) is 10.1. The fraction of sp³-hybridized carbons (Fsp3) is 0.375. The molecule has 76 valence electrons. The molecule has 1 rings (SSSR count). The van der Waals surface area contributed by atoms with Crippen LogP contribution in [-0.2, 0) is 17.6 Å². The van der Waals surface area contributed by atoms with E-state index in [1.54, 1.807) is 11.6 Å². The summed E-state index contributed by atoms with van der Waals surface area (Å²) in [4.78, 5) is 17.4. The van der Waals surface area contributed by atoms with Gasteiger partial charge >= 0.3 is 5.97 Å². The molecule has 0 aliphatic rings. The molecule has 1 unspecified atom stereocenters. The maximum absolute atomic E-state index is 10.5. The van der Waals surface area contributed by atoms with E-state index in [0.717, 1.165) is 5.82 Å². The summed E-state index contributed by atoms with van der Waals surface area (Å²) < 4.78 is 0. The van der Waals surface area contributed by atoms with Gasteiger partial charge in [-0.05, 0) is 5.37 Å². The Kier molecular flexibility index (Phi) is 3.73. The number of carboxylic acids is 1. The number of thiocarbonyl (C=S) groups is 1. The van der Waals surface area contributed by atoms with Crippen molar-refractivity contribution in [1.82, 2.24) is 9.97 Å². The van der Waals surface area contributed by atoms with Gasteiger partial charge in [-0.2, -0.15) is 0 Å². The number of carboxylic acid groups (broad SMARTS) is 1. The molecule has 6 heteroatoms. The standard InChI is InChI=1S/C8H11N3O2S/c9-6(8(12)13)3-5-4-10-7(11-5)1-2-14/h2,4,6H,1,3,9H2,(H,10,11)(H,12,13). The lowest BCUT2D eigenvalue weighted by Crippen LogP contribution is -2.32. The summed E-state index contributed by atoms with van der Waals surface area (Å²) in [7, 11) is 0. The van der Waals surface area contributed by atoms with Crippen molar-refractivity contribution in [2.75, 3.05) is 0 Å². The molecule has 0 aliphatic heterocycles. The van der Waals surface area contributed by atoms with E-state index in [1.807, 2.05) is 0 Å².